The first-order chi connectivity index (χ1) is 16.5. The lowest BCUT2D eigenvalue weighted by Gasteiger charge is -2.29. The highest BCUT2D eigenvalue weighted by molar-refractivity contribution is 6.04. The van der Waals surface area contributed by atoms with Crippen molar-refractivity contribution in [2.75, 3.05) is 6.61 Å². The Morgan fingerprint density at radius 1 is 1.15 bits per heavy atom. The van der Waals surface area contributed by atoms with Gasteiger partial charge < -0.3 is 19.7 Å². The van der Waals surface area contributed by atoms with Crippen LogP contribution in [0, 0.1) is 5.92 Å². The van der Waals surface area contributed by atoms with Gasteiger partial charge in [0, 0.05) is 35.3 Å². The number of carboxylic acid groups (broad SMARTS) is 1. The normalized spacial score (nSPS) is 16.0. The first-order valence-electron chi connectivity index (χ1n) is 10.9. The highest BCUT2D eigenvalue weighted by atomic mass is 16.5. The Morgan fingerprint density at radius 2 is 1.94 bits per heavy atom. The second kappa shape index (κ2) is 10.0. The lowest BCUT2D eigenvalue weighted by atomic mass is 9.83. The van der Waals surface area contributed by atoms with Crippen molar-refractivity contribution in [1.82, 2.24) is 14.9 Å². The summed E-state index contributed by atoms with van der Waals surface area (Å²) in [5, 5.41) is 13.2. The fourth-order valence-corrected chi connectivity index (χ4v) is 4.01. The van der Waals surface area contributed by atoms with Crippen LogP contribution in [0.2, 0.25) is 0 Å². The van der Waals surface area contributed by atoms with Gasteiger partial charge in [-0.2, -0.15) is 0 Å². The molecule has 2 aromatic carbocycles. The van der Waals surface area contributed by atoms with E-state index in [2.05, 4.69) is 10.3 Å². The van der Waals surface area contributed by atoms with Crippen LogP contribution in [0.4, 0.5) is 0 Å². The minimum Gasteiger partial charge on any atom is -0.478 e. The van der Waals surface area contributed by atoms with E-state index < -0.39 is 17.9 Å². The van der Waals surface area contributed by atoms with Crippen LogP contribution in [0.5, 0.6) is 0 Å². The van der Waals surface area contributed by atoms with Crippen LogP contribution >= 0.6 is 0 Å². The van der Waals surface area contributed by atoms with Gasteiger partial charge in [0.2, 0.25) is 0 Å². The van der Waals surface area contributed by atoms with Crippen molar-refractivity contribution in [3.63, 3.8) is 0 Å². The Bertz CT molecular complexity index is 1290. The predicted molar refractivity (Wildman–Crippen MR) is 130 cm³/mol. The summed E-state index contributed by atoms with van der Waals surface area (Å²) in [7, 11) is 0. The van der Waals surface area contributed by atoms with Crippen LogP contribution in [0.3, 0.4) is 0 Å². The molecule has 2 heterocycles. The van der Waals surface area contributed by atoms with Gasteiger partial charge in [0.15, 0.2) is 0 Å². The number of carbonyl (C=O) groups excluding carboxylic acids is 1. The molecule has 172 valence electrons. The van der Waals surface area contributed by atoms with Gasteiger partial charge in [-0.1, -0.05) is 54.6 Å². The molecule has 0 amide bonds. The molecule has 0 radical (unpaired) electrons. The zero-order valence-corrected chi connectivity index (χ0v) is 18.9. The molecule has 0 fully saturated rings. The van der Waals surface area contributed by atoms with Gasteiger partial charge in [0.25, 0.3) is 0 Å². The van der Waals surface area contributed by atoms with E-state index in [0.717, 1.165) is 16.8 Å². The van der Waals surface area contributed by atoms with Crippen molar-refractivity contribution >= 4 is 23.7 Å². The third-order valence-electron chi connectivity index (χ3n) is 5.55. The maximum atomic E-state index is 13.2. The number of carboxylic acids is 1. The molecular formula is C27H25N3O4. The Morgan fingerprint density at radius 3 is 2.62 bits per heavy atom. The molecule has 0 bridgehead atoms. The van der Waals surface area contributed by atoms with E-state index in [-0.39, 0.29) is 17.8 Å². The molecule has 4 rings (SSSR count). The smallest absolute Gasteiger partial charge is 0.337 e. The maximum Gasteiger partial charge on any atom is 0.337 e. The van der Waals surface area contributed by atoms with Gasteiger partial charge in [-0.15, -0.1) is 0 Å². The molecule has 0 spiro atoms. The summed E-state index contributed by atoms with van der Waals surface area (Å²) < 4.78 is 7.24. The number of rotatable bonds is 7. The number of allylic oxidation sites excluding steroid dienone is 2. The van der Waals surface area contributed by atoms with E-state index in [9.17, 15) is 14.7 Å². The number of esters is 1. The van der Waals surface area contributed by atoms with Gasteiger partial charge in [-0.3, -0.25) is 0 Å². The average Bonchev–Trinajstić information content (AvgIpc) is 3.38. The zero-order chi connectivity index (χ0) is 24.1. The van der Waals surface area contributed by atoms with E-state index in [4.69, 9.17) is 4.74 Å². The molecule has 0 saturated carbocycles. The van der Waals surface area contributed by atoms with Gasteiger partial charge in [-0.25, -0.2) is 14.6 Å². The van der Waals surface area contributed by atoms with Crippen molar-refractivity contribution in [2.24, 2.45) is 5.92 Å². The van der Waals surface area contributed by atoms with Gasteiger partial charge in [0.1, 0.15) is 0 Å². The quantitative estimate of drug-likeness (QED) is 0.512. The number of imidazole rings is 1. The van der Waals surface area contributed by atoms with E-state index in [0.29, 0.717) is 11.4 Å². The lowest BCUT2D eigenvalue weighted by molar-refractivity contribution is -0.138. The van der Waals surface area contributed by atoms with E-state index in [1.807, 2.05) is 71.4 Å². The number of carbonyl (C=O) groups is 2. The summed E-state index contributed by atoms with van der Waals surface area (Å²) in [5.41, 5.74) is 3.82. The fraction of sp³-hybridized carbons (Fsp3) is 0.148. The monoisotopic (exact) mass is 455 g/mol. The molecule has 1 aliphatic rings. The van der Waals surface area contributed by atoms with E-state index >= 15 is 0 Å². The molecule has 7 heteroatoms. The predicted octanol–water partition coefficient (Wildman–Crippen LogP) is 4.44. The summed E-state index contributed by atoms with van der Waals surface area (Å²) >= 11 is 0. The lowest BCUT2D eigenvalue weighted by Crippen LogP contribution is -2.32. The molecule has 0 aliphatic carbocycles. The van der Waals surface area contributed by atoms with Crippen LogP contribution in [0.1, 0.15) is 25.0 Å². The van der Waals surface area contributed by atoms with Gasteiger partial charge in [0.05, 0.1) is 29.8 Å². The van der Waals surface area contributed by atoms with E-state index in [1.165, 1.54) is 0 Å². The summed E-state index contributed by atoms with van der Waals surface area (Å²) in [6.07, 6.45) is 8.77. The van der Waals surface area contributed by atoms with Crippen molar-refractivity contribution < 1.29 is 19.4 Å². The van der Waals surface area contributed by atoms with Gasteiger partial charge in [-0.05, 0) is 31.5 Å². The third kappa shape index (κ3) is 4.68. The molecule has 0 saturated heterocycles. The maximum absolute atomic E-state index is 13.2. The van der Waals surface area contributed by atoms with Crippen LogP contribution in [-0.2, 0) is 14.3 Å². The summed E-state index contributed by atoms with van der Waals surface area (Å²) in [6, 6.07) is 17.1. The second-order valence-electron chi connectivity index (χ2n) is 7.75. The van der Waals surface area contributed by atoms with Crippen LogP contribution < -0.4 is 5.32 Å². The fourth-order valence-electron chi connectivity index (χ4n) is 4.01. The minimum absolute atomic E-state index is 0.102. The number of aliphatic carboxylic acids is 1. The summed E-state index contributed by atoms with van der Waals surface area (Å²) in [6.45, 7) is 3.60. The molecule has 7 nitrogen and oxygen atoms in total. The first-order valence-corrected chi connectivity index (χ1v) is 10.9. The molecule has 1 unspecified atom stereocenters. The Labute approximate surface area is 197 Å². The Kier molecular flexibility index (Phi) is 6.73. The third-order valence-corrected chi connectivity index (χ3v) is 5.55. The van der Waals surface area contributed by atoms with Crippen molar-refractivity contribution in [2.45, 2.75) is 13.8 Å². The van der Waals surface area contributed by atoms with Crippen molar-refractivity contribution in [3.8, 4) is 5.69 Å². The summed E-state index contributed by atoms with van der Waals surface area (Å²) in [5.74, 6) is -2.46. The van der Waals surface area contributed by atoms with Crippen LogP contribution in [-0.4, -0.2) is 33.2 Å². The number of aromatic nitrogens is 2. The Hall–Kier alpha value is -4.39. The number of nitrogens with zero attached hydrogens (tertiary/aromatic N) is 2. The van der Waals surface area contributed by atoms with Crippen molar-refractivity contribution in [1.29, 1.82) is 0 Å². The Balaban J connectivity index is 1.89. The number of ether oxygens (including phenoxy) is 1. The standard InChI is InChI=1S/C27H25N3O4/c1-3-34-27(33)24-22(13-12-19-8-5-4-6-9-19)23(26(31)32)18(2)29-25(24)20-10-7-11-21(16-20)30-15-14-28-17-30/h4-17,22,29H,3H2,1-2H3,(H,31,32). The number of nitrogens with one attached hydrogen (secondary N) is 1. The highest BCUT2D eigenvalue weighted by Gasteiger charge is 2.36. The average molecular weight is 456 g/mol. The molecule has 3 aromatic rings. The highest BCUT2D eigenvalue weighted by Crippen LogP contribution is 2.36. The zero-order valence-electron chi connectivity index (χ0n) is 18.9. The first kappa shape index (κ1) is 22.8. The molecule has 1 aromatic heterocycles. The largest absolute Gasteiger partial charge is 0.478 e. The number of hydrogen-bond acceptors (Lipinski definition) is 5. The molecule has 1 aliphatic heterocycles. The number of benzene rings is 2. The van der Waals surface area contributed by atoms with E-state index in [1.54, 1.807) is 32.4 Å². The molecule has 1 atom stereocenters. The minimum atomic E-state index is -1.10. The molecule has 34 heavy (non-hydrogen) atoms. The van der Waals surface area contributed by atoms with Crippen LogP contribution in [0.15, 0.2) is 96.2 Å². The topological polar surface area (TPSA) is 93.5 Å². The SMILES string of the molecule is CCOC(=O)C1=C(c2cccc(-n3ccnc3)c2)NC(C)=C(C(=O)O)C1C=Cc1ccccc1. The molecule has 2 N–H and O–H groups in total. The summed E-state index contributed by atoms with van der Waals surface area (Å²) in [4.78, 5) is 29.6. The number of hydrogen-bond donors (Lipinski definition) is 2. The van der Waals surface area contributed by atoms with Crippen molar-refractivity contribution in [3.05, 3.63) is 107 Å². The van der Waals surface area contributed by atoms with Gasteiger partial charge >= 0.3 is 11.9 Å². The van der Waals surface area contributed by atoms with Crippen LogP contribution in [0.25, 0.3) is 17.5 Å². The second-order valence-corrected chi connectivity index (χ2v) is 7.75. The number of dihydropyridines is 1. The molecular weight excluding hydrogens is 430 g/mol.